The molecule has 28 heavy (non-hydrogen) atoms. The molecule has 4 rings (SSSR count). The highest BCUT2D eigenvalue weighted by Gasteiger charge is 2.40. The van der Waals surface area contributed by atoms with Gasteiger partial charge in [-0.3, -0.25) is 4.79 Å². The van der Waals surface area contributed by atoms with Gasteiger partial charge in [-0.2, -0.15) is 4.31 Å². The average Bonchev–Trinajstić information content (AvgIpc) is 3.41. The monoisotopic (exact) mass is 408 g/mol. The van der Waals surface area contributed by atoms with Gasteiger partial charge in [0.15, 0.2) is 0 Å². The van der Waals surface area contributed by atoms with Crippen LogP contribution in [0, 0.1) is 12.7 Å². The Morgan fingerprint density at radius 1 is 1.14 bits per heavy atom. The minimum atomic E-state index is -3.90. The number of halogens is 1. The van der Waals surface area contributed by atoms with Crippen LogP contribution in [0.2, 0.25) is 0 Å². The number of sulfonamides is 1. The average molecular weight is 408 g/mol. The van der Waals surface area contributed by atoms with E-state index in [1.165, 1.54) is 23.5 Å². The molecule has 0 atom stereocenters. The molecule has 2 aromatic rings. The maximum atomic E-state index is 13.5. The second-order valence-electron chi connectivity index (χ2n) is 7.13. The Bertz CT molecular complexity index is 1070. The van der Waals surface area contributed by atoms with Crippen molar-refractivity contribution in [2.45, 2.75) is 36.8 Å². The standard InChI is InChI=1S/C19H21FN2O5S/c1-12-7-15(9-19(23)22(12)14-4-5-14)27-16-10-21(11-16)28(24,25)18-8-13(20)3-6-17(18)26-2/h3,6-9,14,16H,4-5,10-11H2,1-2H3. The van der Waals surface area contributed by atoms with Crippen molar-refractivity contribution in [3.05, 3.63) is 52.2 Å². The van der Waals surface area contributed by atoms with Crippen molar-refractivity contribution in [1.82, 2.24) is 8.87 Å². The van der Waals surface area contributed by atoms with Crippen LogP contribution in [0.3, 0.4) is 0 Å². The molecule has 0 unspecified atom stereocenters. The Morgan fingerprint density at radius 3 is 2.46 bits per heavy atom. The number of methoxy groups -OCH3 is 1. The van der Waals surface area contributed by atoms with Gasteiger partial charge in [0, 0.05) is 17.8 Å². The van der Waals surface area contributed by atoms with Crippen LogP contribution in [0.5, 0.6) is 11.5 Å². The highest BCUT2D eigenvalue weighted by molar-refractivity contribution is 7.89. The molecule has 1 aromatic heterocycles. The van der Waals surface area contributed by atoms with Gasteiger partial charge in [0.2, 0.25) is 10.0 Å². The van der Waals surface area contributed by atoms with Crippen LogP contribution < -0.4 is 15.0 Å². The van der Waals surface area contributed by atoms with Crippen molar-refractivity contribution in [1.29, 1.82) is 0 Å². The number of ether oxygens (including phenoxy) is 2. The lowest BCUT2D eigenvalue weighted by atomic mass is 10.2. The SMILES string of the molecule is COc1ccc(F)cc1S(=O)(=O)N1CC(Oc2cc(C)n(C3CC3)c(=O)c2)C1. The molecule has 2 fully saturated rings. The van der Waals surface area contributed by atoms with E-state index in [1.54, 1.807) is 10.6 Å². The van der Waals surface area contributed by atoms with Gasteiger partial charge in [0.25, 0.3) is 5.56 Å². The van der Waals surface area contributed by atoms with E-state index in [4.69, 9.17) is 9.47 Å². The zero-order chi connectivity index (χ0) is 20.1. The van der Waals surface area contributed by atoms with Crippen LogP contribution in [0.1, 0.15) is 24.6 Å². The summed E-state index contributed by atoms with van der Waals surface area (Å²) in [5.41, 5.74) is 0.726. The van der Waals surface area contributed by atoms with Crippen LogP contribution in [0.25, 0.3) is 0 Å². The van der Waals surface area contributed by atoms with Crippen molar-refractivity contribution >= 4 is 10.0 Å². The summed E-state index contributed by atoms with van der Waals surface area (Å²) in [7, 11) is -2.56. The van der Waals surface area contributed by atoms with Gasteiger partial charge < -0.3 is 14.0 Å². The highest BCUT2D eigenvalue weighted by Crippen LogP contribution is 2.35. The van der Waals surface area contributed by atoms with Crippen LogP contribution in [-0.2, 0) is 10.0 Å². The van der Waals surface area contributed by atoms with Crippen molar-refractivity contribution in [3.63, 3.8) is 0 Å². The van der Waals surface area contributed by atoms with E-state index in [0.717, 1.165) is 30.7 Å². The third-order valence-corrected chi connectivity index (χ3v) is 6.86. The lowest BCUT2D eigenvalue weighted by Crippen LogP contribution is -2.56. The lowest BCUT2D eigenvalue weighted by molar-refractivity contribution is 0.0757. The lowest BCUT2D eigenvalue weighted by Gasteiger charge is -2.38. The fourth-order valence-electron chi connectivity index (χ4n) is 3.41. The van der Waals surface area contributed by atoms with Crippen molar-refractivity contribution in [2.24, 2.45) is 0 Å². The molecule has 0 amide bonds. The van der Waals surface area contributed by atoms with E-state index in [2.05, 4.69) is 0 Å². The van der Waals surface area contributed by atoms with Crippen LogP contribution in [0.4, 0.5) is 4.39 Å². The first kappa shape index (κ1) is 18.9. The van der Waals surface area contributed by atoms with Gasteiger partial charge in [0.05, 0.1) is 20.2 Å². The topological polar surface area (TPSA) is 77.8 Å². The molecule has 7 nitrogen and oxygen atoms in total. The Hall–Kier alpha value is -2.39. The first-order valence-corrected chi connectivity index (χ1v) is 10.5. The predicted molar refractivity (Wildman–Crippen MR) is 99.8 cm³/mol. The molecule has 9 heteroatoms. The molecule has 1 aliphatic carbocycles. The molecule has 2 heterocycles. The van der Waals surface area contributed by atoms with Crippen LogP contribution in [-0.4, -0.2) is 43.6 Å². The third kappa shape index (κ3) is 3.40. The number of hydrogen-bond donors (Lipinski definition) is 0. The summed E-state index contributed by atoms with van der Waals surface area (Å²) < 4.78 is 52.8. The van der Waals surface area contributed by atoms with Crippen molar-refractivity contribution in [3.8, 4) is 11.5 Å². The third-order valence-electron chi connectivity index (χ3n) is 5.01. The maximum absolute atomic E-state index is 13.5. The summed E-state index contributed by atoms with van der Waals surface area (Å²) in [5, 5.41) is 0. The quantitative estimate of drug-likeness (QED) is 0.732. The number of aryl methyl sites for hydroxylation is 1. The number of rotatable bonds is 6. The molecule has 150 valence electrons. The van der Waals surface area contributed by atoms with Gasteiger partial charge in [-0.25, -0.2) is 12.8 Å². The van der Waals surface area contributed by atoms with E-state index < -0.39 is 15.8 Å². The molecule has 1 saturated carbocycles. The molecule has 1 saturated heterocycles. The zero-order valence-corrected chi connectivity index (χ0v) is 16.4. The van der Waals surface area contributed by atoms with E-state index in [-0.39, 0.29) is 41.4 Å². The number of aromatic nitrogens is 1. The number of benzene rings is 1. The minimum Gasteiger partial charge on any atom is -0.495 e. The number of pyridine rings is 1. The number of nitrogens with zero attached hydrogens (tertiary/aromatic N) is 2. The molecule has 0 N–H and O–H groups in total. The largest absolute Gasteiger partial charge is 0.495 e. The predicted octanol–water partition coefficient (Wildman–Crippen LogP) is 2.09. The fourth-order valence-corrected chi connectivity index (χ4v) is 5.08. The van der Waals surface area contributed by atoms with Gasteiger partial charge in [0.1, 0.15) is 28.3 Å². The Labute approximate surface area is 162 Å². The summed E-state index contributed by atoms with van der Waals surface area (Å²) in [6.07, 6.45) is 1.66. The van der Waals surface area contributed by atoms with Crippen molar-refractivity contribution in [2.75, 3.05) is 20.2 Å². The first-order chi connectivity index (χ1) is 13.3. The van der Waals surface area contributed by atoms with Gasteiger partial charge in [-0.15, -0.1) is 0 Å². The molecular weight excluding hydrogens is 387 g/mol. The minimum absolute atomic E-state index is 0.0880. The molecule has 1 aromatic carbocycles. The van der Waals surface area contributed by atoms with E-state index in [9.17, 15) is 17.6 Å². The van der Waals surface area contributed by atoms with Crippen LogP contribution in [0.15, 0.2) is 40.0 Å². The van der Waals surface area contributed by atoms with E-state index in [1.807, 2.05) is 6.92 Å². The van der Waals surface area contributed by atoms with E-state index >= 15 is 0 Å². The second kappa shape index (κ2) is 6.89. The smallest absolute Gasteiger partial charge is 0.254 e. The summed E-state index contributed by atoms with van der Waals surface area (Å²) >= 11 is 0. The molecule has 0 radical (unpaired) electrons. The number of hydrogen-bond acceptors (Lipinski definition) is 5. The summed E-state index contributed by atoms with van der Waals surface area (Å²) in [4.78, 5) is 12.1. The molecule has 1 aliphatic heterocycles. The summed E-state index contributed by atoms with van der Waals surface area (Å²) in [6, 6.07) is 6.90. The van der Waals surface area contributed by atoms with E-state index in [0.29, 0.717) is 5.75 Å². The summed E-state index contributed by atoms with van der Waals surface area (Å²) in [5.74, 6) is -0.130. The Morgan fingerprint density at radius 2 is 1.86 bits per heavy atom. The van der Waals surface area contributed by atoms with Gasteiger partial charge in [-0.05, 0) is 44.0 Å². The van der Waals surface area contributed by atoms with Crippen LogP contribution >= 0.6 is 0 Å². The molecule has 0 bridgehead atoms. The molecule has 0 spiro atoms. The Balaban J connectivity index is 1.46. The van der Waals surface area contributed by atoms with Gasteiger partial charge >= 0.3 is 0 Å². The molecule has 2 aliphatic rings. The Kier molecular flexibility index (Phi) is 4.67. The second-order valence-corrected chi connectivity index (χ2v) is 9.04. The molecular formula is C19H21FN2O5S. The normalized spacial score (nSPS) is 18.0. The van der Waals surface area contributed by atoms with Crippen molar-refractivity contribution < 1.29 is 22.3 Å². The first-order valence-electron chi connectivity index (χ1n) is 9.03. The zero-order valence-electron chi connectivity index (χ0n) is 15.6. The highest BCUT2D eigenvalue weighted by atomic mass is 32.2. The fraction of sp³-hybridized carbons (Fsp3) is 0.421. The summed E-state index contributed by atoms with van der Waals surface area (Å²) in [6.45, 7) is 2.10. The maximum Gasteiger partial charge on any atom is 0.254 e. The van der Waals surface area contributed by atoms with Gasteiger partial charge in [-0.1, -0.05) is 0 Å².